The topological polar surface area (TPSA) is 74.8 Å². The average molecular weight is 409 g/mol. The van der Waals surface area contributed by atoms with Crippen molar-refractivity contribution in [2.75, 3.05) is 19.7 Å². The quantitative estimate of drug-likeness (QED) is 0.416. The van der Waals surface area contributed by atoms with Gasteiger partial charge in [-0.25, -0.2) is 4.99 Å². The fourth-order valence-electron chi connectivity index (χ4n) is 3.00. The summed E-state index contributed by atoms with van der Waals surface area (Å²) in [4.78, 5) is 16.5. The lowest BCUT2D eigenvalue weighted by molar-refractivity contribution is 0.0956. The molecular weight excluding hydrogens is 376 g/mol. The van der Waals surface area contributed by atoms with Gasteiger partial charge in [0.2, 0.25) is 0 Å². The second-order valence-electron chi connectivity index (χ2n) is 7.47. The molecule has 6 heteroatoms. The van der Waals surface area contributed by atoms with Crippen LogP contribution in [0.4, 0.5) is 0 Å². The van der Waals surface area contributed by atoms with Crippen molar-refractivity contribution < 1.29 is 9.53 Å². The first-order valence-corrected chi connectivity index (χ1v) is 10.8. The molecule has 1 aliphatic carbocycles. The van der Waals surface area contributed by atoms with Crippen LogP contribution in [-0.2, 0) is 13.1 Å². The highest BCUT2D eigenvalue weighted by atomic mass is 16.5. The number of rotatable bonds is 10. The third kappa shape index (κ3) is 6.79. The molecule has 2 aromatic carbocycles. The molecule has 0 spiro atoms. The molecule has 2 aromatic rings. The Morgan fingerprint density at radius 1 is 1.00 bits per heavy atom. The molecule has 3 N–H and O–H groups in total. The van der Waals surface area contributed by atoms with E-state index in [1.54, 1.807) is 0 Å². The minimum atomic E-state index is -0.0508. The van der Waals surface area contributed by atoms with Gasteiger partial charge >= 0.3 is 0 Å². The molecule has 1 saturated carbocycles. The van der Waals surface area contributed by atoms with Gasteiger partial charge in [-0.1, -0.05) is 30.3 Å². The molecule has 1 aliphatic rings. The zero-order valence-corrected chi connectivity index (χ0v) is 17.9. The summed E-state index contributed by atoms with van der Waals surface area (Å²) in [5, 5.41) is 9.48. The highest BCUT2D eigenvalue weighted by molar-refractivity contribution is 5.94. The van der Waals surface area contributed by atoms with Crippen LogP contribution in [0.3, 0.4) is 0 Å². The Hall–Kier alpha value is -3.02. The van der Waals surface area contributed by atoms with Crippen LogP contribution in [0.25, 0.3) is 0 Å². The number of amides is 1. The summed E-state index contributed by atoms with van der Waals surface area (Å²) in [7, 11) is 0. The van der Waals surface area contributed by atoms with Gasteiger partial charge in [0.15, 0.2) is 5.96 Å². The molecule has 160 valence electrons. The minimum absolute atomic E-state index is 0.0508. The number of aliphatic imine (C=N–C) groups is 1. The molecule has 0 heterocycles. The van der Waals surface area contributed by atoms with Crippen LogP contribution in [0, 0.1) is 5.92 Å². The lowest BCUT2D eigenvalue weighted by Crippen LogP contribution is -2.36. The molecular formula is C24H32N4O2. The van der Waals surface area contributed by atoms with Crippen molar-refractivity contribution >= 4 is 11.9 Å². The molecule has 1 amide bonds. The number of nitrogens with one attached hydrogen (secondary N) is 3. The Morgan fingerprint density at radius 2 is 1.73 bits per heavy atom. The molecule has 0 aromatic heterocycles. The smallest absolute Gasteiger partial charge is 0.251 e. The third-order valence-corrected chi connectivity index (χ3v) is 4.91. The molecule has 0 aliphatic heterocycles. The number of nitrogens with zero attached hydrogens (tertiary/aromatic N) is 1. The maximum Gasteiger partial charge on any atom is 0.251 e. The molecule has 0 radical (unpaired) electrons. The predicted molar refractivity (Wildman–Crippen MR) is 121 cm³/mol. The Bertz CT molecular complexity index is 845. The third-order valence-electron chi connectivity index (χ3n) is 4.91. The van der Waals surface area contributed by atoms with Gasteiger partial charge in [0.05, 0.1) is 13.2 Å². The van der Waals surface area contributed by atoms with E-state index in [0.717, 1.165) is 41.9 Å². The standard InChI is InChI=1S/C24H32N4O2/c1-3-25-23(29)20-13-11-18(12-14-20)15-27-24(26-4-2)28-16-21-7-5-6-8-22(21)30-17-19-9-10-19/h5-8,11-14,19H,3-4,9-10,15-17H2,1-2H3,(H,25,29)(H2,26,27,28). The minimum Gasteiger partial charge on any atom is -0.493 e. The molecule has 3 rings (SSSR count). The van der Waals surface area contributed by atoms with Gasteiger partial charge in [-0.2, -0.15) is 0 Å². The van der Waals surface area contributed by atoms with E-state index in [2.05, 4.69) is 27.0 Å². The number of hydrogen-bond donors (Lipinski definition) is 3. The second-order valence-corrected chi connectivity index (χ2v) is 7.47. The zero-order chi connectivity index (χ0) is 21.2. The van der Waals surface area contributed by atoms with Crippen LogP contribution in [0.15, 0.2) is 53.5 Å². The summed E-state index contributed by atoms with van der Waals surface area (Å²) in [6.07, 6.45) is 2.56. The highest BCUT2D eigenvalue weighted by Crippen LogP contribution is 2.30. The fraction of sp³-hybridized carbons (Fsp3) is 0.417. The number of para-hydroxylation sites is 1. The Kier molecular flexibility index (Phi) is 8.12. The summed E-state index contributed by atoms with van der Waals surface area (Å²) in [6, 6.07) is 15.7. The van der Waals surface area contributed by atoms with Gasteiger partial charge in [0.1, 0.15) is 5.75 Å². The highest BCUT2D eigenvalue weighted by Gasteiger charge is 2.22. The van der Waals surface area contributed by atoms with Gasteiger partial charge in [0.25, 0.3) is 5.91 Å². The van der Waals surface area contributed by atoms with Crippen LogP contribution in [0.5, 0.6) is 5.75 Å². The monoisotopic (exact) mass is 408 g/mol. The van der Waals surface area contributed by atoms with Gasteiger partial charge in [-0.15, -0.1) is 0 Å². The number of guanidine groups is 1. The number of carbonyl (C=O) groups excluding carboxylic acids is 1. The maximum absolute atomic E-state index is 11.9. The van der Waals surface area contributed by atoms with Crippen molar-refractivity contribution in [1.29, 1.82) is 0 Å². The molecule has 0 unspecified atom stereocenters. The summed E-state index contributed by atoms with van der Waals surface area (Å²) in [5.41, 5.74) is 2.83. The van der Waals surface area contributed by atoms with Gasteiger partial charge in [-0.05, 0) is 56.4 Å². The van der Waals surface area contributed by atoms with Crippen molar-refractivity contribution in [3.8, 4) is 5.75 Å². The van der Waals surface area contributed by atoms with E-state index in [4.69, 9.17) is 4.74 Å². The first kappa shape index (κ1) is 21.7. The van der Waals surface area contributed by atoms with Crippen molar-refractivity contribution in [1.82, 2.24) is 16.0 Å². The summed E-state index contributed by atoms with van der Waals surface area (Å²) < 4.78 is 6.00. The van der Waals surface area contributed by atoms with Crippen LogP contribution in [-0.4, -0.2) is 31.6 Å². The van der Waals surface area contributed by atoms with E-state index in [1.807, 2.05) is 56.3 Å². The maximum atomic E-state index is 11.9. The van der Waals surface area contributed by atoms with Crippen molar-refractivity contribution in [3.63, 3.8) is 0 Å². The van der Waals surface area contributed by atoms with E-state index in [9.17, 15) is 4.79 Å². The summed E-state index contributed by atoms with van der Waals surface area (Å²) in [5.74, 6) is 2.37. The molecule has 1 fully saturated rings. The van der Waals surface area contributed by atoms with Gasteiger partial charge in [0, 0.05) is 30.8 Å². The summed E-state index contributed by atoms with van der Waals surface area (Å²) >= 11 is 0. The van der Waals surface area contributed by atoms with Crippen LogP contribution >= 0.6 is 0 Å². The Morgan fingerprint density at radius 3 is 2.43 bits per heavy atom. The number of benzene rings is 2. The van der Waals surface area contributed by atoms with Crippen molar-refractivity contribution in [2.24, 2.45) is 10.9 Å². The lowest BCUT2D eigenvalue weighted by atomic mass is 10.1. The van der Waals surface area contributed by atoms with E-state index < -0.39 is 0 Å². The van der Waals surface area contributed by atoms with E-state index in [0.29, 0.717) is 25.2 Å². The van der Waals surface area contributed by atoms with Gasteiger partial charge in [-0.3, -0.25) is 4.79 Å². The van der Waals surface area contributed by atoms with Gasteiger partial charge < -0.3 is 20.7 Å². The molecule has 30 heavy (non-hydrogen) atoms. The van der Waals surface area contributed by atoms with Crippen molar-refractivity contribution in [2.45, 2.75) is 39.8 Å². The molecule has 6 nitrogen and oxygen atoms in total. The molecule has 0 saturated heterocycles. The van der Waals surface area contributed by atoms with Crippen molar-refractivity contribution in [3.05, 3.63) is 65.2 Å². The van der Waals surface area contributed by atoms with E-state index in [1.165, 1.54) is 12.8 Å². The second kappa shape index (κ2) is 11.2. The number of hydrogen-bond acceptors (Lipinski definition) is 3. The van der Waals surface area contributed by atoms with Crippen LogP contribution < -0.4 is 20.7 Å². The normalized spacial score (nSPS) is 13.6. The molecule has 0 atom stereocenters. The average Bonchev–Trinajstić information content (AvgIpc) is 3.60. The van der Waals surface area contributed by atoms with Crippen LogP contribution in [0.2, 0.25) is 0 Å². The fourth-order valence-corrected chi connectivity index (χ4v) is 3.00. The first-order valence-electron chi connectivity index (χ1n) is 10.8. The van der Waals surface area contributed by atoms with E-state index in [-0.39, 0.29) is 5.91 Å². The largest absolute Gasteiger partial charge is 0.493 e. The predicted octanol–water partition coefficient (Wildman–Crippen LogP) is 3.48. The molecule has 0 bridgehead atoms. The number of carbonyl (C=O) groups is 1. The van der Waals surface area contributed by atoms with Crippen LogP contribution in [0.1, 0.15) is 48.2 Å². The number of ether oxygens (including phenoxy) is 1. The summed E-state index contributed by atoms with van der Waals surface area (Å²) in [6.45, 7) is 7.34. The van der Waals surface area contributed by atoms with E-state index >= 15 is 0 Å². The Balaban J connectivity index is 1.57. The zero-order valence-electron chi connectivity index (χ0n) is 17.9. The first-order chi connectivity index (χ1) is 14.7. The lowest BCUT2D eigenvalue weighted by Gasteiger charge is -2.14. The SMILES string of the molecule is CCNC(=O)c1ccc(CN=C(NCC)NCc2ccccc2OCC2CC2)cc1. The Labute approximate surface area is 179 Å².